The molecule has 0 amide bonds. The van der Waals surface area contributed by atoms with E-state index in [0.29, 0.717) is 26.4 Å². The van der Waals surface area contributed by atoms with E-state index in [0.717, 1.165) is 18.9 Å². The molecule has 18 heavy (non-hydrogen) atoms. The molecular formula is C12H29NO4Si. The molecular weight excluding hydrogens is 250 g/mol. The van der Waals surface area contributed by atoms with Crippen LogP contribution in [0.3, 0.4) is 0 Å². The van der Waals surface area contributed by atoms with E-state index in [-0.39, 0.29) is 6.10 Å². The van der Waals surface area contributed by atoms with Crippen molar-refractivity contribution in [2.75, 3.05) is 33.5 Å². The van der Waals surface area contributed by atoms with Crippen LogP contribution in [0.4, 0.5) is 0 Å². The normalized spacial score (nSPS) is 13.8. The van der Waals surface area contributed by atoms with Gasteiger partial charge in [0.2, 0.25) is 0 Å². The maximum atomic E-state index is 6.08. The van der Waals surface area contributed by atoms with Crippen LogP contribution in [0, 0.1) is 0 Å². The molecule has 0 spiro atoms. The van der Waals surface area contributed by atoms with Gasteiger partial charge in [-0.25, -0.2) is 0 Å². The van der Waals surface area contributed by atoms with Gasteiger partial charge in [0.15, 0.2) is 0 Å². The van der Waals surface area contributed by atoms with Gasteiger partial charge in [0.05, 0.1) is 0 Å². The van der Waals surface area contributed by atoms with Gasteiger partial charge >= 0.3 is 8.80 Å². The highest BCUT2D eigenvalue weighted by Crippen LogP contribution is 2.20. The average molecular weight is 279 g/mol. The summed E-state index contributed by atoms with van der Waals surface area (Å²) in [4.78, 5) is 0. The summed E-state index contributed by atoms with van der Waals surface area (Å²) in [5, 5.41) is 0. The molecule has 0 fully saturated rings. The molecule has 6 heteroatoms. The highest BCUT2D eigenvalue weighted by Gasteiger charge is 2.41. The average Bonchev–Trinajstić information content (AvgIpc) is 2.34. The monoisotopic (exact) mass is 279 g/mol. The van der Waals surface area contributed by atoms with E-state index in [9.17, 15) is 0 Å². The molecule has 0 rings (SSSR count). The molecule has 2 N–H and O–H groups in total. The molecule has 0 saturated heterocycles. The Kier molecular flexibility index (Phi) is 10.9. The van der Waals surface area contributed by atoms with Gasteiger partial charge in [-0.3, -0.25) is 0 Å². The molecule has 0 aliphatic carbocycles. The standard InChI is InChI=1S/C12H29NO4Si/c1-5-15-18(16-6-2,11-7-9-13)17-12(3)8-10-14-4/h12H,5-11,13H2,1-4H3. The Bertz CT molecular complexity index is 189. The predicted octanol–water partition coefficient (Wildman–Crippen LogP) is 1.79. The van der Waals surface area contributed by atoms with Crippen LogP contribution in [0.1, 0.15) is 33.6 Å². The lowest BCUT2D eigenvalue weighted by Crippen LogP contribution is -2.48. The Labute approximate surface area is 112 Å². The fraction of sp³-hybridized carbons (Fsp3) is 1.00. The van der Waals surface area contributed by atoms with E-state index in [1.807, 2.05) is 20.8 Å². The van der Waals surface area contributed by atoms with Crippen molar-refractivity contribution in [3.8, 4) is 0 Å². The third kappa shape index (κ3) is 7.45. The number of ether oxygens (including phenoxy) is 1. The van der Waals surface area contributed by atoms with Gasteiger partial charge in [-0.2, -0.15) is 0 Å². The minimum atomic E-state index is -2.57. The van der Waals surface area contributed by atoms with Gasteiger partial charge in [-0.15, -0.1) is 0 Å². The minimum absolute atomic E-state index is 0.0764. The topological polar surface area (TPSA) is 62.9 Å². The molecule has 1 unspecified atom stereocenters. The van der Waals surface area contributed by atoms with Gasteiger partial charge in [0.25, 0.3) is 0 Å². The first-order valence-corrected chi connectivity index (χ1v) is 8.72. The fourth-order valence-corrected chi connectivity index (χ4v) is 4.59. The molecule has 1 atom stereocenters. The Morgan fingerprint density at radius 3 is 2.22 bits per heavy atom. The van der Waals surface area contributed by atoms with Crippen LogP contribution in [-0.4, -0.2) is 48.4 Å². The second-order valence-corrected chi connectivity index (χ2v) is 6.83. The van der Waals surface area contributed by atoms with Crippen molar-refractivity contribution >= 4 is 8.80 Å². The van der Waals surface area contributed by atoms with E-state index in [1.165, 1.54) is 0 Å². The lowest BCUT2D eigenvalue weighted by molar-refractivity contribution is 0.0264. The Balaban J connectivity index is 4.47. The maximum Gasteiger partial charge on any atom is 0.501 e. The molecule has 0 aliphatic rings. The molecule has 0 bridgehead atoms. The number of nitrogens with two attached hydrogens (primary N) is 1. The van der Waals surface area contributed by atoms with E-state index >= 15 is 0 Å². The van der Waals surface area contributed by atoms with Crippen molar-refractivity contribution in [1.29, 1.82) is 0 Å². The van der Waals surface area contributed by atoms with Crippen LogP contribution in [-0.2, 0) is 18.0 Å². The van der Waals surface area contributed by atoms with E-state index < -0.39 is 8.80 Å². The zero-order valence-electron chi connectivity index (χ0n) is 12.2. The van der Waals surface area contributed by atoms with Crippen molar-refractivity contribution in [3.63, 3.8) is 0 Å². The summed E-state index contributed by atoms with van der Waals surface area (Å²) < 4.78 is 22.8. The number of hydrogen-bond donors (Lipinski definition) is 1. The number of hydrogen-bond acceptors (Lipinski definition) is 5. The quantitative estimate of drug-likeness (QED) is 0.552. The Morgan fingerprint density at radius 2 is 1.78 bits per heavy atom. The zero-order valence-corrected chi connectivity index (χ0v) is 13.2. The second-order valence-electron chi connectivity index (χ2n) is 4.15. The van der Waals surface area contributed by atoms with E-state index in [1.54, 1.807) is 7.11 Å². The van der Waals surface area contributed by atoms with Gasteiger partial charge in [-0.1, -0.05) is 0 Å². The van der Waals surface area contributed by atoms with Crippen molar-refractivity contribution in [2.24, 2.45) is 5.73 Å². The lowest BCUT2D eigenvalue weighted by Gasteiger charge is -2.31. The smallest absolute Gasteiger partial charge is 0.385 e. The molecule has 0 heterocycles. The largest absolute Gasteiger partial charge is 0.501 e. The summed E-state index contributed by atoms with van der Waals surface area (Å²) in [5.41, 5.74) is 5.57. The van der Waals surface area contributed by atoms with Gasteiger partial charge in [0, 0.05) is 39.1 Å². The summed E-state index contributed by atoms with van der Waals surface area (Å²) in [6, 6.07) is 0.780. The van der Waals surface area contributed by atoms with Crippen LogP contribution < -0.4 is 5.73 Å². The summed E-state index contributed by atoms with van der Waals surface area (Å²) in [6.07, 6.45) is 1.78. The van der Waals surface area contributed by atoms with Crippen LogP contribution in [0.5, 0.6) is 0 Å². The third-order valence-corrected chi connectivity index (χ3v) is 5.71. The van der Waals surface area contributed by atoms with Crippen LogP contribution in [0.25, 0.3) is 0 Å². The highest BCUT2D eigenvalue weighted by atomic mass is 28.4. The Morgan fingerprint density at radius 1 is 1.17 bits per heavy atom. The Hall–Kier alpha value is 0.0169. The maximum absolute atomic E-state index is 6.08. The van der Waals surface area contributed by atoms with Crippen molar-refractivity contribution in [1.82, 2.24) is 0 Å². The predicted molar refractivity (Wildman–Crippen MR) is 74.5 cm³/mol. The van der Waals surface area contributed by atoms with Crippen molar-refractivity contribution in [3.05, 3.63) is 0 Å². The molecule has 0 saturated carbocycles. The van der Waals surface area contributed by atoms with Crippen molar-refractivity contribution in [2.45, 2.75) is 45.8 Å². The number of methoxy groups -OCH3 is 1. The summed E-state index contributed by atoms with van der Waals surface area (Å²) in [6.45, 7) is 8.48. The highest BCUT2D eigenvalue weighted by molar-refractivity contribution is 6.60. The SMILES string of the molecule is CCO[Si](CCCN)(OCC)OC(C)CCOC. The van der Waals surface area contributed by atoms with Gasteiger partial charge in [-0.05, 0) is 40.2 Å². The first-order valence-electron chi connectivity index (χ1n) is 6.78. The molecule has 5 nitrogen and oxygen atoms in total. The first kappa shape index (κ1) is 18.0. The minimum Gasteiger partial charge on any atom is -0.385 e. The molecule has 0 radical (unpaired) electrons. The lowest BCUT2D eigenvalue weighted by atomic mass is 10.3. The van der Waals surface area contributed by atoms with Crippen LogP contribution in [0.15, 0.2) is 0 Å². The molecule has 0 aromatic carbocycles. The van der Waals surface area contributed by atoms with Crippen LogP contribution in [0.2, 0.25) is 6.04 Å². The molecule has 0 aromatic heterocycles. The molecule has 0 aromatic rings. The summed E-state index contributed by atoms with van der Waals surface area (Å²) in [7, 11) is -0.874. The summed E-state index contributed by atoms with van der Waals surface area (Å²) in [5.74, 6) is 0. The number of rotatable bonds is 12. The van der Waals surface area contributed by atoms with E-state index in [2.05, 4.69) is 0 Å². The van der Waals surface area contributed by atoms with Gasteiger partial charge < -0.3 is 23.7 Å². The third-order valence-electron chi connectivity index (χ3n) is 2.52. The second kappa shape index (κ2) is 10.9. The van der Waals surface area contributed by atoms with Crippen LogP contribution >= 0.6 is 0 Å². The molecule has 110 valence electrons. The fourth-order valence-electron chi connectivity index (χ4n) is 1.72. The first-order chi connectivity index (χ1) is 8.64. The zero-order chi connectivity index (χ0) is 13.9. The molecule has 0 aliphatic heterocycles. The van der Waals surface area contributed by atoms with E-state index in [4.69, 9.17) is 23.7 Å². The summed E-state index contributed by atoms with van der Waals surface area (Å²) >= 11 is 0. The van der Waals surface area contributed by atoms with Gasteiger partial charge in [0.1, 0.15) is 0 Å². The van der Waals surface area contributed by atoms with Crippen molar-refractivity contribution < 1.29 is 18.0 Å².